The van der Waals surface area contributed by atoms with Gasteiger partial charge in [-0.05, 0) is 18.2 Å². The molecular weight excluding hydrogens is 159 g/mol. The van der Waals surface area contributed by atoms with E-state index >= 15 is 0 Å². The first kappa shape index (κ1) is 8.59. The minimum Gasteiger partial charge on any atom is -0.507 e. The minimum atomic E-state index is -0.456. The minimum absolute atomic E-state index is 0.0942. The summed E-state index contributed by atoms with van der Waals surface area (Å²) in [6, 6.07) is 3.80. The highest BCUT2D eigenvalue weighted by molar-refractivity contribution is 5.55. The van der Waals surface area contributed by atoms with Gasteiger partial charge in [-0.1, -0.05) is 0 Å². The molecule has 12 heavy (non-hydrogen) atoms. The number of hydrogen-bond acceptors (Lipinski definition) is 2. The Labute approximate surface area is 69.9 Å². The van der Waals surface area contributed by atoms with E-state index in [1.165, 1.54) is 25.5 Å². The summed E-state index contributed by atoms with van der Waals surface area (Å²) < 4.78 is 17.1. The molecule has 0 aliphatic heterocycles. The highest BCUT2D eigenvalue weighted by Gasteiger charge is 1.97. The molecule has 1 aromatic carbocycles. The Hall–Kier alpha value is -1.51. The summed E-state index contributed by atoms with van der Waals surface area (Å²) in [4.78, 5) is 0. The van der Waals surface area contributed by atoms with Crippen molar-refractivity contribution in [3.63, 3.8) is 0 Å². The van der Waals surface area contributed by atoms with E-state index in [2.05, 4.69) is 4.74 Å². The quantitative estimate of drug-likeness (QED) is 0.685. The second kappa shape index (κ2) is 3.76. The molecule has 0 saturated heterocycles. The van der Waals surface area contributed by atoms with Crippen molar-refractivity contribution in [2.75, 3.05) is 7.11 Å². The molecule has 2 nitrogen and oxygen atoms in total. The molecule has 0 saturated carbocycles. The number of phenolic OH excluding ortho intramolecular Hbond substituents is 1. The van der Waals surface area contributed by atoms with Crippen LogP contribution in [0.2, 0.25) is 0 Å². The third kappa shape index (κ3) is 1.99. The van der Waals surface area contributed by atoms with Crippen LogP contribution in [-0.4, -0.2) is 12.2 Å². The lowest BCUT2D eigenvalue weighted by Crippen LogP contribution is -1.77. The van der Waals surface area contributed by atoms with Crippen molar-refractivity contribution in [1.82, 2.24) is 0 Å². The SMILES string of the molecule is COC=Cc1ccc(F)cc1O. The molecule has 0 aliphatic carbocycles. The van der Waals surface area contributed by atoms with Gasteiger partial charge in [0.25, 0.3) is 0 Å². The van der Waals surface area contributed by atoms with Gasteiger partial charge in [-0.2, -0.15) is 0 Å². The second-order valence-electron chi connectivity index (χ2n) is 2.24. The first-order chi connectivity index (χ1) is 5.74. The zero-order valence-corrected chi connectivity index (χ0v) is 6.62. The molecule has 0 bridgehead atoms. The lowest BCUT2D eigenvalue weighted by Gasteiger charge is -1.97. The number of hydrogen-bond donors (Lipinski definition) is 1. The summed E-state index contributed by atoms with van der Waals surface area (Å²) in [7, 11) is 1.50. The van der Waals surface area contributed by atoms with Crippen LogP contribution in [0.3, 0.4) is 0 Å². The normalized spacial score (nSPS) is 10.5. The molecule has 1 aromatic rings. The van der Waals surface area contributed by atoms with Crippen LogP contribution in [0.25, 0.3) is 6.08 Å². The number of rotatable bonds is 2. The Morgan fingerprint density at radius 1 is 1.50 bits per heavy atom. The fraction of sp³-hybridized carbons (Fsp3) is 0.111. The average Bonchev–Trinajstić information content (AvgIpc) is 2.03. The number of benzene rings is 1. The highest BCUT2D eigenvalue weighted by atomic mass is 19.1. The molecule has 1 rings (SSSR count). The summed E-state index contributed by atoms with van der Waals surface area (Å²) in [5, 5.41) is 9.17. The Kier molecular flexibility index (Phi) is 2.69. The lowest BCUT2D eigenvalue weighted by atomic mass is 10.2. The lowest BCUT2D eigenvalue weighted by molar-refractivity contribution is 0.341. The summed E-state index contributed by atoms with van der Waals surface area (Å²) >= 11 is 0. The van der Waals surface area contributed by atoms with E-state index < -0.39 is 5.82 Å². The van der Waals surface area contributed by atoms with Crippen molar-refractivity contribution in [1.29, 1.82) is 0 Å². The van der Waals surface area contributed by atoms with Gasteiger partial charge in [0.05, 0.1) is 13.4 Å². The van der Waals surface area contributed by atoms with E-state index in [4.69, 9.17) is 0 Å². The van der Waals surface area contributed by atoms with Crippen molar-refractivity contribution in [2.24, 2.45) is 0 Å². The van der Waals surface area contributed by atoms with Crippen molar-refractivity contribution in [3.8, 4) is 5.75 Å². The van der Waals surface area contributed by atoms with Crippen molar-refractivity contribution < 1.29 is 14.2 Å². The molecule has 3 heteroatoms. The van der Waals surface area contributed by atoms with Gasteiger partial charge in [0.15, 0.2) is 0 Å². The van der Waals surface area contributed by atoms with E-state index in [1.54, 1.807) is 6.08 Å². The molecule has 0 aliphatic rings. The van der Waals surface area contributed by atoms with E-state index in [9.17, 15) is 9.50 Å². The fourth-order valence-corrected chi connectivity index (χ4v) is 0.799. The van der Waals surface area contributed by atoms with Crippen LogP contribution in [0, 0.1) is 5.82 Å². The first-order valence-electron chi connectivity index (χ1n) is 3.42. The molecule has 0 radical (unpaired) electrons. The van der Waals surface area contributed by atoms with Crippen LogP contribution in [0.5, 0.6) is 5.75 Å². The third-order valence-electron chi connectivity index (χ3n) is 1.38. The molecule has 0 fully saturated rings. The van der Waals surface area contributed by atoms with Crippen molar-refractivity contribution in [3.05, 3.63) is 35.8 Å². The molecule has 0 heterocycles. The predicted molar refractivity (Wildman–Crippen MR) is 44.1 cm³/mol. The van der Waals surface area contributed by atoms with Gasteiger partial charge in [0.1, 0.15) is 11.6 Å². The monoisotopic (exact) mass is 168 g/mol. The Morgan fingerprint density at radius 2 is 2.25 bits per heavy atom. The molecule has 1 N–H and O–H groups in total. The van der Waals surface area contributed by atoms with Gasteiger partial charge < -0.3 is 9.84 Å². The molecule has 0 spiro atoms. The van der Waals surface area contributed by atoms with E-state index in [1.807, 2.05) is 0 Å². The molecule has 0 aromatic heterocycles. The maximum absolute atomic E-state index is 12.5. The number of halogens is 1. The summed E-state index contributed by atoms with van der Waals surface area (Å²) in [5.41, 5.74) is 0.526. The predicted octanol–water partition coefficient (Wildman–Crippen LogP) is 2.15. The van der Waals surface area contributed by atoms with Crippen LogP contribution in [0.1, 0.15) is 5.56 Å². The van der Waals surface area contributed by atoms with Crippen LogP contribution < -0.4 is 0 Å². The van der Waals surface area contributed by atoms with Gasteiger partial charge >= 0.3 is 0 Å². The molecule has 0 amide bonds. The fourth-order valence-electron chi connectivity index (χ4n) is 0.799. The maximum atomic E-state index is 12.5. The zero-order valence-electron chi connectivity index (χ0n) is 6.62. The van der Waals surface area contributed by atoms with Crippen LogP contribution in [0.4, 0.5) is 4.39 Å². The second-order valence-corrected chi connectivity index (χ2v) is 2.24. The topological polar surface area (TPSA) is 29.5 Å². The van der Waals surface area contributed by atoms with Gasteiger partial charge in [-0.25, -0.2) is 4.39 Å². The molecular formula is C9H9FO2. The van der Waals surface area contributed by atoms with Gasteiger partial charge in [0, 0.05) is 11.6 Å². The Morgan fingerprint density at radius 3 is 2.83 bits per heavy atom. The zero-order chi connectivity index (χ0) is 8.97. The average molecular weight is 168 g/mol. The Balaban J connectivity index is 2.94. The third-order valence-corrected chi connectivity index (χ3v) is 1.38. The maximum Gasteiger partial charge on any atom is 0.126 e. The number of ether oxygens (including phenoxy) is 1. The highest BCUT2D eigenvalue weighted by Crippen LogP contribution is 2.19. The van der Waals surface area contributed by atoms with Crippen LogP contribution >= 0.6 is 0 Å². The van der Waals surface area contributed by atoms with E-state index in [-0.39, 0.29) is 5.75 Å². The summed E-state index contributed by atoms with van der Waals surface area (Å²) in [6.45, 7) is 0. The van der Waals surface area contributed by atoms with Gasteiger partial charge in [0.2, 0.25) is 0 Å². The first-order valence-corrected chi connectivity index (χ1v) is 3.42. The van der Waals surface area contributed by atoms with Crippen LogP contribution in [0.15, 0.2) is 24.5 Å². The van der Waals surface area contributed by atoms with Crippen LogP contribution in [-0.2, 0) is 4.74 Å². The molecule has 0 unspecified atom stereocenters. The number of aromatic hydroxyl groups is 1. The Bertz CT molecular complexity index is 295. The van der Waals surface area contributed by atoms with Crippen molar-refractivity contribution >= 4 is 6.08 Å². The number of methoxy groups -OCH3 is 1. The van der Waals surface area contributed by atoms with Crippen molar-refractivity contribution in [2.45, 2.75) is 0 Å². The molecule has 0 atom stereocenters. The van der Waals surface area contributed by atoms with E-state index in [0.717, 1.165) is 6.07 Å². The standard InChI is InChI=1S/C9H9FO2/c1-12-5-4-7-2-3-8(10)6-9(7)11/h2-6,11H,1H3. The molecule has 64 valence electrons. The summed E-state index contributed by atoms with van der Waals surface area (Å²) in [6.07, 6.45) is 2.96. The smallest absolute Gasteiger partial charge is 0.126 e. The van der Waals surface area contributed by atoms with E-state index in [0.29, 0.717) is 5.56 Å². The van der Waals surface area contributed by atoms with Gasteiger partial charge in [-0.15, -0.1) is 0 Å². The number of phenols is 1. The van der Waals surface area contributed by atoms with Gasteiger partial charge in [-0.3, -0.25) is 0 Å². The largest absolute Gasteiger partial charge is 0.507 e. The summed E-state index contributed by atoms with van der Waals surface area (Å²) in [5.74, 6) is -0.551.